The maximum Gasteiger partial charge on any atom is 0.416 e. The number of halogens is 5. The number of carbonyl (C=O) groups is 2. The molecule has 0 unspecified atom stereocenters. The summed E-state index contributed by atoms with van der Waals surface area (Å²) >= 11 is 0. The number of likely N-dealkylation sites (tertiary alicyclic amines) is 1. The van der Waals surface area contributed by atoms with Crippen molar-refractivity contribution < 1.29 is 31.5 Å². The molecule has 3 rings (SSSR count). The third-order valence-electron chi connectivity index (χ3n) is 4.65. The lowest BCUT2D eigenvalue weighted by molar-refractivity contribution is -0.138. The van der Waals surface area contributed by atoms with Crippen molar-refractivity contribution in [2.24, 2.45) is 5.92 Å². The topological polar surface area (TPSA) is 49.4 Å². The highest BCUT2D eigenvalue weighted by molar-refractivity contribution is 6.08. The molecule has 4 nitrogen and oxygen atoms in total. The lowest BCUT2D eigenvalue weighted by atomic mass is 9.87. The lowest BCUT2D eigenvalue weighted by Crippen LogP contribution is -2.33. The van der Waals surface area contributed by atoms with Gasteiger partial charge in [-0.2, -0.15) is 13.2 Å². The monoisotopic (exact) mass is 398 g/mol. The molecule has 0 spiro atoms. The van der Waals surface area contributed by atoms with Crippen molar-refractivity contribution in [3.05, 3.63) is 65.2 Å². The average Bonchev–Trinajstić information content (AvgIpc) is 2.92. The number of likely N-dealkylation sites (N-methyl/N-ethyl adjacent to an activating group) is 1. The van der Waals surface area contributed by atoms with Crippen LogP contribution in [0, 0.1) is 17.6 Å². The zero-order chi connectivity index (χ0) is 20.6. The van der Waals surface area contributed by atoms with E-state index in [-0.39, 0.29) is 12.2 Å². The number of carbonyl (C=O) groups excluding carboxylic acids is 2. The van der Waals surface area contributed by atoms with Crippen LogP contribution in [-0.2, 0) is 15.8 Å². The second-order valence-electron chi connectivity index (χ2n) is 6.54. The van der Waals surface area contributed by atoms with Crippen LogP contribution in [0.5, 0.6) is 0 Å². The molecule has 0 radical (unpaired) electrons. The smallest absolute Gasteiger partial charge is 0.344 e. The first kappa shape index (κ1) is 19.8. The minimum Gasteiger partial charge on any atom is -0.344 e. The summed E-state index contributed by atoms with van der Waals surface area (Å²) in [4.78, 5) is 26.3. The van der Waals surface area contributed by atoms with Gasteiger partial charge in [-0.25, -0.2) is 8.78 Å². The van der Waals surface area contributed by atoms with Gasteiger partial charge in [0.05, 0.1) is 11.3 Å². The molecule has 2 aromatic carbocycles. The van der Waals surface area contributed by atoms with Gasteiger partial charge in [0, 0.05) is 25.6 Å². The van der Waals surface area contributed by atoms with E-state index < -0.39 is 47.0 Å². The molecule has 2 aromatic rings. The van der Waals surface area contributed by atoms with Gasteiger partial charge in [-0.05, 0) is 29.8 Å². The summed E-state index contributed by atoms with van der Waals surface area (Å²) in [5, 5.41) is 2.26. The van der Waals surface area contributed by atoms with E-state index in [2.05, 4.69) is 5.32 Å². The molecule has 1 fully saturated rings. The molecule has 28 heavy (non-hydrogen) atoms. The number of alkyl halides is 3. The molecule has 1 heterocycles. The molecule has 0 aliphatic carbocycles. The lowest BCUT2D eigenvalue weighted by Gasteiger charge is -2.18. The highest BCUT2D eigenvalue weighted by Crippen LogP contribution is 2.36. The summed E-state index contributed by atoms with van der Waals surface area (Å²) in [6.45, 7) is 0.119. The molecule has 9 heteroatoms. The summed E-state index contributed by atoms with van der Waals surface area (Å²) in [7, 11) is 1.46. The Hall–Kier alpha value is -2.97. The number of benzene rings is 2. The normalized spacial score (nSPS) is 19.8. The Morgan fingerprint density at radius 2 is 1.75 bits per heavy atom. The molecule has 1 saturated heterocycles. The molecule has 0 aromatic heterocycles. The van der Waals surface area contributed by atoms with Crippen LogP contribution in [0.4, 0.5) is 27.6 Å². The SMILES string of the molecule is CN1C[C@H](c2ccc(C(F)(F)F)cc2)[C@@H](C(=O)Nc2ccc(F)cc2F)C1=O. The Bertz CT molecular complexity index is 912. The molecule has 1 aliphatic rings. The van der Waals surface area contributed by atoms with Crippen LogP contribution in [-0.4, -0.2) is 30.3 Å². The van der Waals surface area contributed by atoms with Gasteiger partial charge in [-0.15, -0.1) is 0 Å². The van der Waals surface area contributed by atoms with Crippen molar-refractivity contribution in [2.45, 2.75) is 12.1 Å². The minimum absolute atomic E-state index is 0.119. The second-order valence-corrected chi connectivity index (χ2v) is 6.54. The minimum atomic E-state index is -4.50. The first-order valence-corrected chi connectivity index (χ1v) is 8.26. The maximum absolute atomic E-state index is 13.8. The standard InChI is InChI=1S/C19H15F5N2O2/c1-26-9-13(10-2-4-11(5-3-10)19(22,23)24)16(18(26)28)17(27)25-15-7-6-12(20)8-14(15)21/h2-8,13,16H,9H2,1H3,(H,25,27)/t13-,16+/m1/s1. The molecule has 2 atom stereocenters. The maximum atomic E-state index is 13.8. The van der Waals surface area contributed by atoms with Crippen molar-refractivity contribution in [1.29, 1.82) is 0 Å². The molecular formula is C19H15F5N2O2. The van der Waals surface area contributed by atoms with E-state index in [1.807, 2.05) is 0 Å². The van der Waals surface area contributed by atoms with Gasteiger partial charge in [0.1, 0.15) is 17.6 Å². The van der Waals surface area contributed by atoms with Crippen molar-refractivity contribution in [2.75, 3.05) is 18.9 Å². The predicted octanol–water partition coefficient (Wildman–Crippen LogP) is 3.79. The largest absolute Gasteiger partial charge is 0.416 e. The van der Waals surface area contributed by atoms with E-state index in [0.717, 1.165) is 24.3 Å². The summed E-state index contributed by atoms with van der Waals surface area (Å²) in [5.41, 5.74) is -0.756. The van der Waals surface area contributed by atoms with E-state index in [4.69, 9.17) is 0 Å². The highest BCUT2D eigenvalue weighted by atomic mass is 19.4. The Labute approximate surface area is 156 Å². The Morgan fingerprint density at radius 3 is 2.32 bits per heavy atom. The summed E-state index contributed by atoms with van der Waals surface area (Å²) in [5.74, 6) is -5.13. The number of amides is 2. The summed E-state index contributed by atoms with van der Waals surface area (Å²) < 4.78 is 65.0. The number of nitrogens with one attached hydrogen (secondary N) is 1. The van der Waals surface area contributed by atoms with E-state index in [0.29, 0.717) is 11.6 Å². The van der Waals surface area contributed by atoms with Crippen molar-refractivity contribution >= 4 is 17.5 Å². The van der Waals surface area contributed by atoms with Crippen LogP contribution in [0.3, 0.4) is 0 Å². The van der Waals surface area contributed by atoms with Crippen LogP contribution in [0.15, 0.2) is 42.5 Å². The Balaban J connectivity index is 1.87. The van der Waals surface area contributed by atoms with Gasteiger partial charge < -0.3 is 10.2 Å². The van der Waals surface area contributed by atoms with E-state index in [9.17, 15) is 31.5 Å². The Morgan fingerprint density at radius 1 is 1.11 bits per heavy atom. The van der Waals surface area contributed by atoms with Gasteiger partial charge in [0.2, 0.25) is 11.8 Å². The Kier molecular flexibility index (Phi) is 5.10. The van der Waals surface area contributed by atoms with Crippen LogP contribution in [0.2, 0.25) is 0 Å². The average molecular weight is 398 g/mol. The predicted molar refractivity (Wildman–Crippen MR) is 90.3 cm³/mol. The molecule has 0 saturated carbocycles. The number of anilines is 1. The fraction of sp³-hybridized carbons (Fsp3) is 0.263. The van der Waals surface area contributed by atoms with Gasteiger partial charge >= 0.3 is 6.18 Å². The number of hydrogen-bond acceptors (Lipinski definition) is 2. The zero-order valence-corrected chi connectivity index (χ0v) is 14.6. The summed E-state index contributed by atoms with van der Waals surface area (Å²) in [6, 6.07) is 6.77. The third-order valence-corrected chi connectivity index (χ3v) is 4.65. The van der Waals surface area contributed by atoms with E-state index >= 15 is 0 Å². The number of nitrogens with zero attached hydrogens (tertiary/aromatic N) is 1. The zero-order valence-electron chi connectivity index (χ0n) is 14.6. The van der Waals surface area contributed by atoms with Gasteiger partial charge in [0.25, 0.3) is 0 Å². The van der Waals surface area contributed by atoms with E-state index in [1.165, 1.54) is 24.1 Å². The van der Waals surface area contributed by atoms with E-state index in [1.54, 1.807) is 0 Å². The van der Waals surface area contributed by atoms with Gasteiger partial charge in [-0.3, -0.25) is 9.59 Å². The first-order chi connectivity index (χ1) is 13.1. The number of rotatable bonds is 3. The molecular weight excluding hydrogens is 383 g/mol. The number of hydrogen-bond donors (Lipinski definition) is 1. The fourth-order valence-corrected chi connectivity index (χ4v) is 3.21. The van der Waals surface area contributed by atoms with Crippen molar-refractivity contribution in [3.63, 3.8) is 0 Å². The third kappa shape index (κ3) is 3.83. The quantitative estimate of drug-likeness (QED) is 0.632. The molecule has 0 bridgehead atoms. The van der Waals surface area contributed by atoms with Crippen LogP contribution in [0.25, 0.3) is 0 Å². The van der Waals surface area contributed by atoms with Crippen LogP contribution >= 0.6 is 0 Å². The van der Waals surface area contributed by atoms with Crippen molar-refractivity contribution in [1.82, 2.24) is 4.90 Å². The molecule has 1 aliphatic heterocycles. The fourth-order valence-electron chi connectivity index (χ4n) is 3.21. The first-order valence-electron chi connectivity index (χ1n) is 8.26. The highest BCUT2D eigenvalue weighted by Gasteiger charge is 2.44. The molecule has 148 valence electrons. The summed E-state index contributed by atoms with van der Waals surface area (Å²) in [6.07, 6.45) is -4.50. The van der Waals surface area contributed by atoms with Gasteiger partial charge in [-0.1, -0.05) is 12.1 Å². The van der Waals surface area contributed by atoms with Crippen LogP contribution < -0.4 is 5.32 Å². The van der Waals surface area contributed by atoms with Gasteiger partial charge in [0.15, 0.2) is 0 Å². The van der Waals surface area contributed by atoms with Crippen molar-refractivity contribution in [3.8, 4) is 0 Å². The second kappa shape index (κ2) is 7.21. The van der Waals surface area contributed by atoms with Crippen LogP contribution in [0.1, 0.15) is 17.0 Å². The molecule has 2 amide bonds. The molecule has 1 N–H and O–H groups in total.